The van der Waals surface area contributed by atoms with Crippen LogP contribution in [0.15, 0.2) is 122 Å². The van der Waals surface area contributed by atoms with Gasteiger partial charge in [0.2, 0.25) is 5.91 Å². The van der Waals surface area contributed by atoms with E-state index in [-0.39, 0.29) is 31.5 Å². The number of likely N-dealkylation sites (N-methyl/N-ethyl adjacent to an activating group) is 1. The van der Waals surface area contributed by atoms with Crippen LogP contribution in [0.4, 0.5) is 0 Å². The SMILES string of the molecule is CC/C=C\C/C=C\C/C=C\C/C=C\C/C=C\C/C=C\CCCCCCCCCCC(=O)OC(/C=C\CCCCCCCCCCC)C(COP(=O)(O)OCC[N+](C)(C)C)NC(=O)CCCCCCCCC/C=C/C=C/C=C/CC. The summed E-state index contributed by atoms with van der Waals surface area (Å²) in [7, 11) is 1.47. The molecule has 0 aliphatic heterocycles. The molecule has 0 saturated carbocycles. The topological polar surface area (TPSA) is 111 Å². The van der Waals surface area contributed by atoms with Gasteiger partial charge in [0.05, 0.1) is 33.8 Å². The van der Waals surface area contributed by atoms with E-state index in [9.17, 15) is 19.0 Å². The number of allylic oxidation sites excluding steroid dienone is 19. The Kier molecular flexibility index (Phi) is 55.0. The van der Waals surface area contributed by atoms with Crippen molar-refractivity contribution in [1.29, 1.82) is 0 Å². The second-order valence-electron chi connectivity index (χ2n) is 22.2. The van der Waals surface area contributed by atoms with E-state index in [1.807, 2.05) is 33.3 Å². The van der Waals surface area contributed by atoms with E-state index < -0.39 is 20.0 Å². The molecule has 9 nitrogen and oxygen atoms in total. The van der Waals surface area contributed by atoms with Crippen molar-refractivity contribution in [1.82, 2.24) is 5.32 Å². The molecule has 1 amide bonds. The van der Waals surface area contributed by atoms with Gasteiger partial charge in [0.25, 0.3) is 0 Å². The number of nitrogens with zero attached hydrogens (tertiary/aromatic N) is 1. The average Bonchev–Trinajstić information content (AvgIpc) is 3.41. The van der Waals surface area contributed by atoms with Gasteiger partial charge < -0.3 is 19.4 Å². The molecular weight excluding hydrogens is 1000 g/mol. The molecule has 0 aromatic rings. The van der Waals surface area contributed by atoms with E-state index in [0.29, 0.717) is 17.4 Å². The van der Waals surface area contributed by atoms with Gasteiger partial charge >= 0.3 is 13.8 Å². The summed E-state index contributed by atoms with van der Waals surface area (Å²) in [6, 6.07) is -0.866. The van der Waals surface area contributed by atoms with Gasteiger partial charge in [0.15, 0.2) is 0 Å². The molecule has 452 valence electrons. The van der Waals surface area contributed by atoms with E-state index >= 15 is 0 Å². The molecule has 0 heterocycles. The summed E-state index contributed by atoms with van der Waals surface area (Å²) in [6.07, 6.45) is 80.6. The fraction of sp³-hybridized carbons (Fsp3) is 0.681. The van der Waals surface area contributed by atoms with Gasteiger partial charge in [-0.2, -0.15) is 0 Å². The van der Waals surface area contributed by atoms with Gasteiger partial charge in [0.1, 0.15) is 19.3 Å². The van der Waals surface area contributed by atoms with Gasteiger partial charge in [-0.1, -0.05) is 258 Å². The summed E-state index contributed by atoms with van der Waals surface area (Å²) in [5.74, 6) is -0.536. The summed E-state index contributed by atoms with van der Waals surface area (Å²) >= 11 is 0. The second kappa shape index (κ2) is 57.6. The van der Waals surface area contributed by atoms with Crippen LogP contribution in [-0.2, 0) is 27.9 Å². The largest absolute Gasteiger partial charge is 0.472 e. The molecule has 0 rings (SSSR count). The summed E-state index contributed by atoms with van der Waals surface area (Å²) in [6.45, 7) is 6.74. The third kappa shape index (κ3) is 58.9. The van der Waals surface area contributed by atoms with Crippen molar-refractivity contribution < 1.29 is 37.3 Å². The number of unbranched alkanes of at least 4 members (excludes halogenated alkanes) is 24. The highest BCUT2D eigenvalue weighted by atomic mass is 31.2. The highest BCUT2D eigenvalue weighted by Crippen LogP contribution is 2.43. The lowest BCUT2D eigenvalue weighted by Gasteiger charge is -2.27. The van der Waals surface area contributed by atoms with Gasteiger partial charge in [-0.25, -0.2) is 4.57 Å². The summed E-state index contributed by atoms with van der Waals surface area (Å²) in [4.78, 5) is 37.7. The Morgan fingerprint density at radius 2 is 0.873 bits per heavy atom. The monoisotopic (exact) mass is 1120 g/mol. The standard InChI is InChI=1S/C69H119N2O7P/c1-7-10-13-16-19-22-25-27-29-30-31-32-33-34-35-36-37-38-39-40-42-44-47-50-53-56-59-62-69(73)78-67(60-57-54-51-48-45-24-21-18-15-12-9-3)66(65-77-79(74,75)76-64-63-71(4,5)6)70-68(72)61-58-55-52-49-46-43-41-28-26-23-20-17-14-11-8-2/h10-11,13-14,17,19-20,22-23,26-27,29,31-32,34-35,37-38,57,60,66-67H,7-9,12,15-16,18,21,24-25,28,30,33,36,39-56,58-59,61-65H2,1-6H3,(H-,70,72,74,75)/p+1/b13-10-,14-11+,20-17+,22-19-,26-23+,29-27-,32-31-,35-34-,38-37-,60-57-. The molecule has 0 aliphatic rings. The molecule has 0 aromatic heterocycles. The Morgan fingerprint density at radius 3 is 1.35 bits per heavy atom. The van der Waals surface area contributed by atoms with Crippen molar-refractivity contribution in [2.24, 2.45) is 0 Å². The molecule has 2 N–H and O–H groups in total. The molecule has 79 heavy (non-hydrogen) atoms. The number of phosphoric acid groups is 1. The Labute approximate surface area is 486 Å². The van der Waals surface area contributed by atoms with Crippen molar-refractivity contribution in [2.75, 3.05) is 40.9 Å². The van der Waals surface area contributed by atoms with Gasteiger partial charge in [-0.3, -0.25) is 18.6 Å². The maximum absolute atomic E-state index is 13.5. The Morgan fingerprint density at radius 1 is 0.468 bits per heavy atom. The Balaban J connectivity index is 5.13. The first kappa shape index (κ1) is 75.4. The molecule has 0 spiro atoms. The number of phosphoric ester groups is 1. The van der Waals surface area contributed by atoms with Crippen molar-refractivity contribution in [3.8, 4) is 0 Å². The van der Waals surface area contributed by atoms with E-state index in [0.717, 1.165) is 128 Å². The number of rotatable bonds is 56. The number of hydrogen-bond acceptors (Lipinski definition) is 6. The predicted molar refractivity (Wildman–Crippen MR) is 341 cm³/mol. The zero-order valence-electron chi connectivity index (χ0n) is 51.6. The fourth-order valence-electron chi connectivity index (χ4n) is 8.59. The average molecular weight is 1120 g/mol. The number of nitrogens with one attached hydrogen (secondary N) is 1. The van der Waals surface area contributed by atoms with Gasteiger partial charge in [0, 0.05) is 12.8 Å². The Bertz CT molecular complexity index is 1770. The number of ether oxygens (including phenoxy) is 1. The Hall–Kier alpha value is -3.59. The minimum Gasteiger partial charge on any atom is -0.456 e. The normalized spacial score (nSPS) is 14.5. The molecule has 3 unspecified atom stereocenters. The van der Waals surface area contributed by atoms with Crippen LogP contribution in [0.5, 0.6) is 0 Å². The number of quaternary nitrogens is 1. The van der Waals surface area contributed by atoms with Crippen LogP contribution in [0.3, 0.4) is 0 Å². The van der Waals surface area contributed by atoms with E-state index in [1.54, 1.807) is 0 Å². The van der Waals surface area contributed by atoms with Crippen LogP contribution >= 0.6 is 7.82 Å². The lowest BCUT2D eigenvalue weighted by molar-refractivity contribution is -0.870. The molecule has 0 aliphatic carbocycles. The molecule has 0 bridgehead atoms. The number of hydrogen-bond donors (Lipinski definition) is 2. The highest BCUT2D eigenvalue weighted by Gasteiger charge is 2.30. The predicted octanol–water partition coefficient (Wildman–Crippen LogP) is 19.9. The maximum Gasteiger partial charge on any atom is 0.472 e. The lowest BCUT2D eigenvalue weighted by Crippen LogP contribution is -2.47. The van der Waals surface area contributed by atoms with Crippen molar-refractivity contribution in [3.63, 3.8) is 0 Å². The first-order chi connectivity index (χ1) is 38.4. The summed E-state index contributed by atoms with van der Waals surface area (Å²) < 4.78 is 30.7. The number of carbonyl (C=O) groups is 2. The van der Waals surface area contributed by atoms with Crippen molar-refractivity contribution in [2.45, 2.75) is 264 Å². The van der Waals surface area contributed by atoms with Crippen LogP contribution in [0.1, 0.15) is 252 Å². The van der Waals surface area contributed by atoms with Crippen molar-refractivity contribution >= 4 is 19.7 Å². The molecule has 10 heteroatoms. The lowest BCUT2D eigenvalue weighted by atomic mass is 10.1. The molecule has 0 radical (unpaired) electrons. The zero-order valence-corrected chi connectivity index (χ0v) is 52.5. The van der Waals surface area contributed by atoms with Gasteiger partial charge in [-0.15, -0.1) is 0 Å². The van der Waals surface area contributed by atoms with E-state index in [4.69, 9.17) is 13.8 Å². The first-order valence-corrected chi connectivity index (χ1v) is 33.4. The second-order valence-corrected chi connectivity index (χ2v) is 23.7. The van der Waals surface area contributed by atoms with E-state index in [2.05, 4.69) is 135 Å². The third-order valence-corrected chi connectivity index (χ3v) is 14.4. The van der Waals surface area contributed by atoms with Crippen LogP contribution in [0.25, 0.3) is 0 Å². The quantitative estimate of drug-likeness (QED) is 0.0156. The van der Waals surface area contributed by atoms with Crippen LogP contribution < -0.4 is 5.32 Å². The summed E-state index contributed by atoms with van der Waals surface area (Å²) in [5, 5.41) is 3.04. The molecule has 0 saturated heterocycles. The van der Waals surface area contributed by atoms with Gasteiger partial charge in [-0.05, 0) is 102 Å². The zero-order chi connectivity index (χ0) is 57.9. The highest BCUT2D eigenvalue weighted by molar-refractivity contribution is 7.47. The first-order valence-electron chi connectivity index (χ1n) is 31.9. The third-order valence-electron chi connectivity index (χ3n) is 13.5. The van der Waals surface area contributed by atoms with E-state index in [1.165, 1.54) is 89.9 Å². The smallest absolute Gasteiger partial charge is 0.456 e. The fourth-order valence-corrected chi connectivity index (χ4v) is 9.33. The molecule has 0 fully saturated rings. The van der Waals surface area contributed by atoms with Crippen molar-refractivity contribution in [3.05, 3.63) is 122 Å². The maximum atomic E-state index is 13.5. The molecule has 0 aromatic carbocycles. The van der Waals surface area contributed by atoms with Crippen LogP contribution in [0.2, 0.25) is 0 Å². The van der Waals surface area contributed by atoms with Crippen LogP contribution in [0, 0.1) is 0 Å². The summed E-state index contributed by atoms with van der Waals surface area (Å²) in [5.41, 5.74) is 0. The minimum atomic E-state index is -4.46. The number of amides is 1. The number of esters is 1. The van der Waals surface area contributed by atoms with Crippen LogP contribution in [-0.4, -0.2) is 74.3 Å². The molecule has 3 atom stereocenters. The minimum absolute atomic E-state index is 0.0300. The number of carbonyl (C=O) groups excluding carboxylic acids is 2. The molecular formula is C69H120N2O7P+.